The van der Waals surface area contributed by atoms with E-state index in [0.717, 1.165) is 69.6 Å². The topological polar surface area (TPSA) is 53.0 Å². The van der Waals surface area contributed by atoms with Crippen LogP contribution < -0.4 is 0 Å². The SMILES string of the molecule is Cc1cccc(C(=O)N2CCC3(CC2)COC(CN2CCC[C@H]2CO)C3)c1. The first kappa shape index (κ1) is 18.9. The average molecular weight is 373 g/mol. The van der Waals surface area contributed by atoms with Gasteiger partial charge in [0.05, 0.1) is 19.3 Å². The molecule has 5 heteroatoms. The minimum atomic E-state index is 0.159. The molecule has 3 aliphatic rings. The Kier molecular flexibility index (Phi) is 5.53. The van der Waals surface area contributed by atoms with E-state index in [0.29, 0.717) is 6.04 Å². The Labute approximate surface area is 162 Å². The van der Waals surface area contributed by atoms with Crippen LogP contribution in [0.4, 0.5) is 0 Å². The van der Waals surface area contributed by atoms with E-state index in [-0.39, 0.29) is 24.0 Å². The molecule has 1 unspecified atom stereocenters. The first-order valence-electron chi connectivity index (χ1n) is 10.4. The van der Waals surface area contributed by atoms with Crippen molar-refractivity contribution in [2.24, 2.45) is 5.41 Å². The van der Waals surface area contributed by atoms with Crippen molar-refractivity contribution in [3.8, 4) is 0 Å². The molecule has 0 aromatic heterocycles. The van der Waals surface area contributed by atoms with Gasteiger partial charge in [0.25, 0.3) is 5.91 Å². The summed E-state index contributed by atoms with van der Waals surface area (Å²) >= 11 is 0. The zero-order valence-corrected chi connectivity index (χ0v) is 16.4. The first-order chi connectivity index (χ1) is 13.1. The fourth-order valence-corrected chi connectivity index (χ4v) is 5.11. The Morgan fingerprint density at radius 2 is 2.11 bits per heavy atom. The van der Waals surface area contributed by atoms with Gasteiger partial charge < -0.3 is 14.7 Å². The lowest BCUT2D eigenvalue weighted by molar-refractivity contribution is 0.0401. The minimum Gasteiger partial charge on any atom is -0.395 e. The van der Waals surface area contributed by atoms with Crippen LogP contribution in [0.5, 0.6) is 0 Å². The number of benzene rings is 1. The maximum absolute atomic E-state index is 12.8. The number of likely N-dealkylation sites (tertiary alicyclic amines) is 2. The molecule has 2 atom stereocenters. The Hall–Kier alpha value is -1.43. The molecule has 0 radical (unpaired) electrons. The van der Waals surface area contributed by atoms with Crippen LogP contribution in [-0.4, -0.2) is 72.4 Å². The lowest BCUT2D eigenvalue weighted by Crippen LogP contribution is -2.44. The number of carbonyl (C=O) groups is 1. The van der Waals surface area contributed by atoms with Crippen molar-refractivity contribution >= 4 is 5.91 Å². The van der Waals surface area contributed by atoms with Crippen molar-refractivity contribution in [3.05, 3.63) is 35.4 Å². The summed E-state index contributed by atoms with van der Waals surface area (Å²) in [5.74, 6) is 0.159. The number of nitrogens with zero attached hydrogens (tertiary/aromatic N) is 2. The summed E-state index contributed by atoms with van der Waals surface area (Å²) < 4.78 is 6.17. The number of aliphatic hydroxyl groups is 1. The highest BCUT2D eigenvalue weighted by atomic mass is 16.5. The second-order valence-corrected chi connectivity index (χ2v) is 8.77. The van der Waals surface area contributed by atoms with Crippen molar-refractivity contribution in [3.63, 3.8) is 0 Å². The number of aryl methyl sites for hydroxylation is 1. The normalized spacial score (nSPS) is 28.1. The van der Waals surface area contributed by atoms with E-state index in [2.05, 4.69) is 4.90 Å². The van der Waals surface area contributed by atoms with Gasteiger partial charge >= 0.3 is 0 Å². The standard InChI is InChI=1S/C22H32N2O3/c1-17-4-2-5-18(12-17)21(26)23-10-7-22(8-11-23)13-20(27-16-22)14-24-9-3-6-19(24)15-25/h2,4-5,12,19-20,25H,3,6-11,13-16H2,1H3/t19-,20?/m0/s1. The van der Waals surface area contributed by atoms with Crippen LogP contribution in [0.15, 0.2) is 24.3 Å². The highest BCUT2D eigenvalue weighted by molar-refractivity contribution is 5.94. The second-order valence-electron chi connectivity index (χ2n) is 8.77. The number of piperidine rings is 1. The Morgan fingerprint density at radius 1 is 1.30 bits per heavy atom. The number of amides is 1. The Balaban J connectivity index is 1.30. The van der Waals surface area contributed by atoms with Crippen LogP contribution >= 0.6 is 0 Å². The smallest absolute Gasteiger partial charge is 0.253 e. The van der Waals surface area contributed by atoms with E-state index in [1.54, 1.807) is 0 Å². The molecule has 3 aliphatic heterocycles. The number of aliphatic hydroxyl groups excluding tert-OH is 1. The predicted octanol–water partition coefficient (Wildman–Crippen LogP) is 2.46. The van der Waals surface area contributed by atoms with Gasteiger partial charge in [0.1, 0.15) is 0 Å². The first-order valence-corrected chi connectivity index (χ1v) is 10.4. The molecule has 0 aliphatic carbocycles. The summed E-state index contributed by atoms with van der Waals surface area (Å²) in [6.45, 7) is 6.78. The number of rotatable bonds is 4. The molecule has 3 heterocycles. The van der Waals surface area contributed by atoms with Gasteiger partial charge in [0, 0.05) is 31.2 Å². The van der Waals surface area contributed by atoms with E-state index in [1.165, 1.54) is 6.42 Å². The van der Waals surface area contributed by atoms with Gasteiger partial charge in [0.15, 0.2) is 0 Å². The molecule has 4 rings (SSSR count). The summed E-state index contributed by atoms with van der Waals surface area (Å²) in [7, 11) is 0. The van der Waals surface area contributed by atoms with Gasteiger partial charge in [-0.25, -0.2) is 0 Å². The molecule has 1 aromatic carbocycles. The molecule has 0 saturated carbocycles. The molecule has 1 N–H and O–H groups in total. The van der Waals surface area contributed by atoms with Crippen LogP contribution in [0.25, 0.3) is 0 Å². The molecule has 0 bridgehead atoms. The van der Waals surface area contributed by atoms with Gasteiger partial charge in [0.2, 0.25) is 0 Å². The summed E-state index contributed by atoms with van der Waals surface area (Å²) in [6.07, 6.45) is 5.71. The molecular weight excluding hydrogens is 340 g/mol. The summed E-state index contributed by atoms with van der Waals surface area (Å²) in [6, 6.07) is 8.21. The van der Waals surface area contributed by atoms with Gasteiger partial charge in [-0.1, -0.05) is 17.7 Å². The van der Waals surface area contributed by atoms with Gasteiger partial charge in [-0.3, -0.25) is 9.69 Å². The van der Waals surface area contributed by atoms with E-state index < -0.39 is 0 Å². The fourth-order valence-electron chi connectivity index (χ4n) is 5.11. The van der Waals surface area contributed by atoms with E-state index >= 15 is 0 Å². The van der Waals surface area contributed by atoms with Crippen molar-refractivity contribution in [2.45, 2.75) is 51.2 Å². The highest BCUT2D eigenvalue weighted by Gasteiger charge is 2.44. The highest BCUT2D eigenvalue weighted by Crippen LogP contribution is 2.42. The monoisotopic (exact) mass is 372 g/mol. The van der Waals surface area contributed by atoms with Gasteiger partial charge in [-0.2, -0.15) is 0 Å². The van der Waals surface area contributed by atoms with E-state index in [4.69, 9.17) is 4.74 Å². The van der Waals surface area contributed by atoms with Crippen molar-refractivity contribution in [2.75, 3.05) is 39.4 Å². The van der Waals surface area contributed by atoms with E-state index in [1.807, 2.05) is 36.1 Å². The van der Waals surface area contributed by atoms with Crippen LogP contribution in [0.2, 0.25) is 0 Å². The summed E-state index contributed by atoms with van der Waals surface area (Å²) in [5, 5.41) is 9.52. The molecule has 1 spiro atoms. The maximum atomic E-state index is 12.8. The molecule has 148 valence electrons. The number of ether oxygens (including phenoxy) is 1. The van der Waals surface area contributed by atoms with Crippen LogP contribution in [0.3, 0.4) is 0 Å². The number of hydrogen-bond donors (Lipinski definition) is 1. The third-order valence-electron chi connectivity index (χ3n) is 6.81. The molecular formula is C22H32N2O3. The van der Waals surface area contributed by atoms with Crippen LogP contribution in [0, 0.1) is 12.3 Å². The zero-order chi connectivity index (χ0) is 18.9. The van der Waals surface area contributed by atoms with E-state index in [9.17, 15) is 9.90 Å². The molecule has 3 saturated heterocycles. The van der Waals surface area contributed by atoms with Crippen LogP contribution in [-0.2, 0) is 4.74 Å². The third-order valence-corrected chi connectivity index (χ3v) is 6.81. The lowest BCUT2D eigenvalue weighted by Gasteiger charge is -2.38. The van der Waals surface area contributed by atoms with Crippen molar-refractivity contribution < 1.29 is 14.6 Å². The zero-order valence-electron chi connectivity index (χ0n) is 16.4. The van der Waals surface area contributed by atoms with Gasteiger partial charge in [-0.15, -0.1) is 0 Å². The molecule has 3 fully saturated rings. The molecule has 27 heavy (non-hydrogen) atoms. The summed E-state index contributed by atoms with van der Waals surface area (Å²) in [4.78, 5) is 17.2. The molecule has 1 amide bonds. The average Bonchev–Trinajstić information content (AvgIpc) is 3.29. The number of hydrogen-bond acceptors (Lipinski definition) is 4. The predicted molar refractivity (Wildman–Crippen MR) is 105 cm³/mol. The van der Waals surface area contributed by atoms with Crippen molar-refractivity contribution in [1.29, 1.82) is 0 Å². The minimum absolute atomic E-state index is 0.159. The quantitative estimate of drug-likeness (QED) is 0.882. The lowest BCUT2D eigenvalue weighted by atomic mass is 9.76. The largest absolute Gasteiger partial charge is 0.395 e. The van der Waals surface area contributed by atoms with Crippen molar-refractivity contribution in [1.82, 2.24) is 9.80 Å². The second kappa shape index (κ2) is 7.90. The maximum Gasteiger partial charge on any atom is 0.253 e. The Bertz CT molecular complexity index is 669. The third kappa shape index (κ3) is 4.05. The van der Waals surface area contributed by atoms with Gasteiger partial charge in [-0.05, 0) is 63.1 Å². The molecule has 1 aromatic rings. The molecule has 5 nitrogen and oxygen atoms in total. The van der Waals surface area contributed by atoms with Crippen LogP contribution in [0.1, 0.15) is 48.0 Å². The Morgan fingerprint density at radius 3 is 2.85 bits per heavy atom. The number of carbonyl (C=O) groups excluding carboxylic acids is 1. The fraction of sp³-hybridized carbons (Fsp3) is 0.682. The summed E-state index contributed by atoms with van der Waals surface area (Å²) in [5.41, 5.74) is 2.17.